The van der Waals surface area contributed by atoms with Crippen molar-refractivity contribution in [1.29, 1.82) is 0 Å². The van der Waals surface area contributed by atoms with Gasteiger partial charge in [0.2, 0.25) is 0 Å². The SMILES string of the molecule is CC(CCOc1ccc2ccccc2c1Br)C1CCCCC1. The van der Waals surface area contributed by atoms with E-state index in [1.807, 2.05) is 0 Å². The molecule has 0 aliphatic heterocycles. The van der Waals surface area contributed by atoms with Gasteiger partial charge in [0.25, 0.3) is 0 Å². The fourth-order valence-electron chi connectivity index (χ4n) is 3.62. The van der Waals surface area contributed by atoms with Crippen LogP contribution in [-0.2, 0) is 0 Å². The van der Waals surface area contributed by atoms with Crippen LogP contribution in [0, 0.1) is 11.8 Å². The van der Waals surface area contributed by atoms with Gasteiger partial charge in [0.15, 0.2) is 0 Å². The molecule has 0 spiro atoms. The Kier molecular flexibility index (Phi) is 5.41. The number of fused-ring (bicyclic) bond motifs is 1. The maximum atomic E-state index is 6.06. The minimum atomic E-state index is 0.777. The highest BCUT2D eigenvalue weighted by atomic mass is 79.9. The summed E-state index contributed by atoms with van der Waals surface area (Å²) in [5, 5.41) is 2.47. The second-order valence-corrected chi connectivity index (χ2v) is 7.40. The van der Waals surface area contributed by atoms with E-state index in [1.54, 1.807) is 0 Å². The van der Waals surface area contributed by atoms with E-state index in [0.29, 0.717) is 0 Å². The van der Waals surface area contributed by atoms with Crippen LogP contribution in [0.2, 0.25) is 0 Å². The first-order valence-electron chi connectivity index (χ1n) is 8.56. The fourth-order valence-corrected chi connectivity index (χ4v) is 4.23. The number of ether oxygens (including phenoxy) is 1. The van der Waals surface area contributed by atoms with Crippen LogP contribution in [0.3, 0.4) is 0 Å². The zero-order valence-electron chi connectivity index (χ0n) is 13.4. The van der Waals surface area contributed by atoms with Crippen molar-refractivity contribution in [3.63, 3.8) is 0 Å². The Bertz CT molecular complexity index is 616. The molecule has 22 heavy (non-hydrogen) atoms. The molecular formula is C20H25BrO. The monoisotopic (exact) mass is 360 g/mol. The van der Waals surface area contributed by atoms with E-state index < -0.39 is 0 Å². The highest BCUT2D eigenvalue weighted by molar-refractivity contribution is 9.10. The molecule has 0 radical (unpaired) electrons. The Morgan fingerprint density at radius 3 is 2.68 bits per heavy atom. The summed E-state index contributed by atoms with van der Waals surface area (Å²) in [7, 11) is 0. The molecule has 1 saturated carbocycles. The van der Waals surface area contributed by atoms with Crippen molar-refractivity contribution in [3.05, 3.63) is 40.9 Å². The lowest BCUT2D eigenvalue weighted by molar-refractivity contribution is 0.209. The molecule has 2 aromatic rings. The van der Waals surface area contributed by atoms with Crippen LogP contribution >= 0.6 is 15.9 Å². The molecule has 1 fully saturated rings. The Morgan fingerprint density at radius 2 is 1.86 bits per heavy atom. The van der Waals surface area contributed by atoms with Gasteiger partial charge in [-0.1, -0.05) is 69.4 Å². The zero-order chi connectivity index (χ0) is 15.4. The third-order valence-corrected chi connectivity index (χ3v) is 5.93. The van der Waals surface area contributed by atoms with Crippen LogP contribution in [-0.4, -0.2) is 6.61 Å². The summed E-state index contributed by atoms with van der Waals surface area (Å²) >= 11 is 3.70. The maximum absolute atomic E-state index is 6.06. The molecule has 2 heteroatoms. The lowest BCUT2D eigenvalue weighted by atomic mass is 9.80. The van der Waals surface area contributed by atoms with Gasteiger partial charge in [-0.2, -0.15) is 0 Å². The maximum Gasteiger partial charge on any atom is 0.134 e. The standard InChI is InChI=1S/C20H25BrO/c1-15(16-7-3-2-4-8-16)13-14-22-19-12-11-17-9-5-6-10-18(17)20(19)21/h5-6,9-12,15-16H,2-4,7-8,13-14H2,1H3. The van der Waals surface area contributed by atoms with Gasteiger partial charge in [-0.3, -0.25) is 0 Å². The first kappa shape index (κ1) is 15.9. The van der Waals surface area contributed by atoms with Crippen LogP contribution in [0.1, 0.15) is 45.4 Å². The van der Waals surface area contributed by atoms with Gasteiger partial charge in [-0.15, -0.1) is 0 Å². The molecule has 118 valence electrons. The zero-order valence-corrected chi connectivity index (χ0v) is 14.9. The molecule has 3 rings (SSSR count). The lowest BCUT2D eigenvalue weighted by Crippen LogP contribution is -2.17. The summed E-state index contributed by atoms with van der Waals surface area (Å²) in [6.45, 7) is 3.21. The van der Waals surface area contributed by atoms with Crippen molar-refractivity contribution >= 4 is 26.7 Å². The average molecular weight is 361 g/mol. The number of halogens is 1. The van der Waals surface area contributed by atoms with E-state index in [1.165, 1.54) is 42.9 Å². The molecule has 1 aliphatic rings. The van der Waals surface area contributed by atoms with Gasteiger partial charge >= 0.3 is 0 Å². The minimum Gasteiger partial charge on any atom is -0.492 e. The molecule has 2 aromatic carbocycles. The Hall–Kier alpha value is -1.02. The Morgan fingerprint density at radius 1 is 1.09 bits per heavy atom. The second kappa shape index (κ2) is 7.50. The average Bonchev–Trinajstić information content (AvgIpc) is 2.58. The van der Waals surface area contributed by atoms with Crippen molar-refractivity contribution in [3.8, 4) is 5.75 Å². The molecule has 1 unspecified atom stereocenters. The van der Waals surface area contributed by atoms with Gasteiger partial charge in [0.1, 0.15) is 5.75 Å². The van der Waals surface area contributed by atoms with E-state index >= 15 is 0 Å². The van der Waals surface area contributed by atoms with Crippen LogP contribution in [0.15, 0.2) is 40.9 Å². The second-order valence-electron chi connectivity index (χ2n) is 6.61. The van der Waals surface area contributed by atoms with Gasteiger partial charge in [-0.25, -0.2) is 0 Å². The minimum absolute atomic E-state index is 0.777. The molecule has 0 amide bonds. The molecule has 1 nitrogen and oxygen atoms in total. The molecule has 0 heterocycles. The summed E-state index contributed by atoms with van der Waals surface area (Å²) < 4.78 is 7.14. The van der Waals surface area contributed by atoms with E-state index in [2.05, 4.69) is 59.3 Å². The summed E-state index contributed by atoms with van der Waals surface area (Å²) in [5.41, 5.74) is 0. The van der Waals surface area contributed by atoms with Crippen LogP contribution in [0.4, 0.5) is 0 Å². The van der Waals surface area contributed by atoms with Crippen LogP contribution in [0.25, 0.3) is 10.8 Å². The first-order valence-corrected chi connectivity index (χ1v) is 9.35. The van der Waals surface area contributed by atoms with Crippen LogP contribution in [0.5, 0.6) is 5.75 Å². The Labute approximate surface area is 142 Å². The van der Waals surface area contributed by atoms with Crippen molar-refractivity contribution in [1.82, 2.24) is 0 Å². The number of hydrogen-bond acceptors (Lipinski definition) is 1. The van der Waals surface area contributed by atoms with E-state index in [4.69, 9.17) is 4.74 Å². The summed E-state index contributed by atoms with van der Waals surface area (Å²) in [4.78, 5) is 0. The summed E-state index contributed by atoms with van der Waals surface area (Å²) in [5.74, 6) is 2.66. The quantitative estimate of drug-likeness (QED) is 0.584. The van der Waals surface area contributed by atoms with E-state index in [9.17, 15) is 0 Å². The third-order valence-electron chi connectivity index (χ3n) is 5.11. The molecule has 0 bridgehead atoms. The Balaban J connectivity index is 1.58. The van der Waals surface area contributed by atoms with Gasteiger partial charge < -0.3 is 4.74 Å². The molecular weight excluding hydrogens is 336 g/mol. The normalized spacial score (nSPS) is 17.5. The van der Waals surface area contributed by atoms with Crippen molar-refractivity contribution < 1.29 is 4.74 Å². The smallest absolute Gasteiger partial charge is 0.134 e. The highest BCUT2D eigenvalue weighted by Crippen LogP contribution is 2.34. The van der Waals surface area contributed by atoms with E-state index in [0.717, 1.165) is 35.1 Å². The number of rotatable bonds is 5. The molecule has 1 atom stereocenters. The van der Waals surface area contributed by atoms with Gasteiger partial charge in [0, 0.05) is 0 Å². The number of benzene rings is 2. The third kappa shape index (κ3) is 3.65. The highest BCUT2D eigenvalue weighted by Gasteiger charge is 2.19. The molecule has 0 N–H and O–H groups in total. The fraction of sp³-hybridized carbons (Fsp3) is 0.500. The van der Waals surface area contributed by atoms with Gasteiger partial charge in [0.05, 0.1) is 11.1 Å². The summed E-state index contributed by atoms with van der Waals surface area (Å²) in [6, 6.07) is 12.6. The molecule has 1 aliphatic carbocycles. The van der Waals surface area contributed by atoms with Crippen LogP contribution < -0.4 is 4.74 Å². The topological polar surface area (TPSA) is 9.23 Å². The predicted molar refractivity (Wildman–Crippen MR) is 97.5 cm³/mol. The predicted octanol–water partition coefficient (Wildman–Crippen LogP) is 6.59. The van der Waals surface area contributed by atoms with E-state index in [-0.39, 0.29) is 0 Å². The van der Waals surface area contributed by atoms with Crippen molar-refractivity contribution in [2.75, 3.05) is 6.61 Å². The lowest BCUT2D eigenvalue weighted by Gasteiger charge is -2.27. The summed E-state index contributed by atoms with van der Waals surface area (Å²) in [6.07, 6.45) is 8.27. The number of hydrogen-bond donors (Lipinski definition) is 0. The van der Waals surface area contributed by atoms with Crippen molar-refractivity contribution in [2.45, 2.75) is 45.4 Å². The largest absolute Gasteiger partial charge is 0.492 e. The van der Waals surface area contributed by atoms with Crippen molar-refractivity contribution in [2.24, 2.45) is 11.8 Å². The molecule has 0 saturated heterocycles. The van der Waals surface area contributed by atoms with Gasteiger partial charge in [-0.05, 0) is 51.0 Å². The molecule has 0 aromatic heterocycles. The first-order chi connectivity index (χ1) is 10.8.